The summed E-state index contributed by atoms with van der Waals surface area (Å²) in [6, 6.07) is 5.62. The van der Waals surface area contributed by atoms with E-state index in [0.717, 1.165) is 12.5 Å². The highest BCUT2D eigenvalue weighted by atomic mass is 19.4. The number of hydrogen-bond acceptors (Lipinski definition) is 5. The van der Waals surface area contributed by atoms with E-state index in [2.05, 4.69) is 9.98 Å². The lowest BCUT2D eigenvalue weighted by molar-refractivity contribution is -0.0898. The second-order valence-electron chi connectivity index (χ2n) is 10.3. The summed E-state index contributed by atoms with van der Waals surface area (Å²) in [6.07, 6.45) is 2.44. The summed E-state index contributed by atoms with van der Waals surface area (Å²) in [7, 11) is 1.41. The van der Waals surface area contributed by atoms with Gasteiger partial charge in [0.2, 0.25) is 0 Å². The molecule has 0 aliphatic carbocycles. The van der Waals surface area contributed by atoms with Gasteiger partial charge in [0.15, 0.2) is 0 Å². The Kier molecular flexibility index (Phi) is 11.6. The first-order valence-electron chi connectivity index (χ1n) is 14.4. The van der Waals surface area contributed by atoms with Gasteiger partial charge in [-0.05, 0) is 56.9 Å². The van der Waals surface area contributed by atoms with Gasteiger partial charge in [0.25, 0.3) is 0 Å². The van der Waals surface area contributed by atoms with Crippen molar-refractivity contribution < 1.29 is 31.8 Å². The largest absolute Gasteiger partial charge is 0.497 e. The molecule has 0 fully saturated rings. The molecule has 7 nitrogen and oxygen atoms in total. The number of benzene rings is 1. The number of carbonyl (C=O) groups excluding carboxylic acids is 1. The lowest BCUT2D eigenvalue weighted by atomic mass is 9.95. The standard InChI is InChI=1S/C33H38F4N4O3/c1-8-20(4)11-29(24-13-25(18-38-17-24)32(42)44-10-3)31(40-22(6)39-27-14-26(34)15-28(16-27)43-7)41-19-23(9-2)30(12-21(41)5)33(35,36)37/h11-18,20H,8-10,19H2,1-7H3/b29-11-,39-22?,40-31?. The van der Waals surface area contributed by atoms with Crippen molar-refractivity contribution in [1.82, 2.24) is 9.88 Å². The summed E-state index contributed by atoms with van der Waals surface area (Å²) >= 11 is 0. The molecule has 2 aromatic rings. The molecule has 44 heavy (non-hydrogen) atoms. The fourth-order valence-corrected chi connectivity index (χ4v) is 4.59. The minimum Gasteiger partial charge on any atom is -0.497 e. The van der Waals surface area contributed by atoms with Crippen LogP contribution in [0.2, 0.25) is 0 Å². The Morgan fingerprint density at radius 2 is 1.84 bits per heavy atom. The third-order valence-corrected chi connectivity index (χ3v) is 7.04. The Balaban J connectivity index is 2.30. The summed E-state index contributed by atoms with van der Waals surface area (Å²) < 4.78 is 66.5. The maximum atomic E-state index is 14.2. The SMILES string of the molecule is CCOC(=O)c1cncc(/C(=C/C(C)CC)C(=NC(C)=Nc2cc(F)cc(OC)c2)N2CC(CC)=C(C(F)(F)F)C=C2C)c1. The normalized spacial score (nSPS) is 15.8. The molecule has 0 spiro atoms. The number of pyridine rings is 1. The zero-order chi connectivity index (χ0) is 32.6. The first kappa shape index (κ1) is 34.2. The highest BCUT2D eigenvalue weighted by Gasteiger charge is 2.38. The molecule has 0 radical (unpaired) electrons. The minimum atomic E-state index is -4.52. The second kappa shape index (κ2) is 14.9. The molecule has 1 atom stereocenters. The van der Waals surface area contributed by atoms with Crippen LogP contribution in [0.1, 0.15) is 70.3 Å². The number of aliphatic imine (C=N–C) groups is 2. The van der Waals surface area contributed by atoms with Crippen LogP contribution in [-0.2, 0) is 4.74 Å². The lowest BCUT2D eigenvalue weighted by Gasteiger charge is -2.34. The minimum absolute atomic E-state index is 0.0205. The van der Waals surface area contributed by atoms with Gasteiger partial charge in [0, 0.05) is 47.9 Å². The molecule has 0 N–H and O–H groups in total. The van der Waals surface area contributed by atoms with Crippen LogP contribution in [0.15, 0.2) is 75.6 Å². The number of allylic oxidation sites excluding steroid dienone is 4. The highest BCUT2D eigenvalue weighted by Crippen LogP contribution is 2.37. The molecule has 2 heterocycles. The van der Waals surface area contributed by atoms with Gasteiger partial charge in [-0.2, -0.15) is 13.2 Å². The predicted molar refractivity (Wildman–Crippen MR) is 165 cm³/mol. The molecule has 3 rings (SSSR count). The Bertz CT molecular complexity index is 1520. The van der Waals surface area contributed by atoms with Crippen molar-refractivity contribution in [3.05, 3.63) is 82.6 Å². The van der Waals surface area contributed by atoms with Gasteiger partial charge in [-0.15, -0.1) is 0 Å². The van der Waals surface area contributed by atoms with E-state index in [9.17, 15) is 22.4 Å². The summed E-state index contributed by atoms with van der Waals surface area (Å²) in [5, 5.41) is 0. The van der Waals surface area contributed by atoms with E-state index in [1.807, 2.05) is 19.9 Å². The molecule has 1 aliphatic heterocycles. The maximum absolute atomic E-state index is 14.2. The van der Waals surface area contributed by atoms with Crippen molar-refractivity contribution in [3.8, 4) is 5.75 Å². The van der Waals surface area contributed by atoms with Gasteiger partial charge >= 0.3 is 12.1 Å². The Morgan fingerprint density at radius 1 is 1.14 bits per heavy atom. The fourth-order valence-electron chi connectivity index (χ4n) is 4.59. The number of aromatic nitrogens is 1. The Hall–Kier alpha value is -4.28. The van der Waals surface area contributed by atoms with Crippen LogP contribution in [0.4, 0.5) is 23.2 Å². The highest BCUT2D eigenvalue weighted by molar-refractivity contribution is 6.26. The molecule has 1 aliphatic rings. The van der Waals surface area contributed by atoms with E-state index < -0.39 is 23.5 Å². The van der Waals surface area contributed by atoms with Crippen molar-refractivity contribution >= 4 is 28.9 Å². The molecule has 0 bridgehead atoms. The van der Waals surface area contributed by atoms with E-state index in [4.69, 9.17) is 14.5 Å². The predicted octanol–water partition coefficient (Wildman–Crippen LogP) is 8.47. The van der Waals surface area contributed by atoms with Crippen molar-refractivity contribution in [2.45, 2.75) is 60.6 Å². The Morgan fingerprint density at radius 3 is 2.45 bits per heavy atom. The molecule has 1 unspecified atom stereocenters. The summed E-state index contributed by atoms with van der Waals surface area (Å²) in [4.78, 5) is 27.9. The van der Waals surface area contributed by atoms with Crippen LogP contribution in [0.5, 0.6) is 5.75 Å². The number of rotatable bonds is 9. The number of amidine groups is 2. The number of carbonyl (C=O) groups is 1. The van der Waals surface area contributed by atoms with E-state index >= 15 is 0 Å². The molecule has 0 saturated carbocycles. The van der Waals surface area contributed by atoms with Crippen LogP contribution in [0.25, 0.3) is 5.57 Å². The summed E-state index contributed by atoms with van der Waals surface area (Å²) in [6.45, 7) is 10.7. The van der Waals surface area contributed by atoms with Crippen LogP contribution < -0.4 is 4.74 Å². The van der Waals surface area contributed by atoms with Crippen LogP contribution in [0, 0.1) is 11.7 Å². The zero-order valence-corrected chi connectivity index (χ0v) is 26.1. The molecular formula is C33H38F4N4O3. The number of methoxy groups -OCH3 is 1. The number of alkyl halides is 3. The third-order valence-electron chi connectivity index (χ3n) is 7.04. The van der Waals surface area contributed by atoms with E-state index in [0.29, 0.717) is 22.7 Å². The van der Waals surface area contributed by atoms with Gasteiger partial charge in [-0.3, -0.25) is 4.98 Å². The van der Waals surface area contributed by atoms with Crippen LogP contribution in [0.3, 0.4) is 0 Å². The third kappa shape index (κ3) is 8.64. The number of halogens is 4. The van der Waals surface area contributed by atoms with Crippen LogP contribution in [-0.4, -0.2) is 54.0 Å². The average Bonchev–Trinajstić information content (AvgIpc) is 2.98. The van der Waals surface area contributed by atoms with Crippen molar-refractivity contribution in [2.24, 2.45) is 15.9 Å². The molecule has 236 valence electrons. The van der Waals surface area contributed by atoms with E-state index in [1.165, 1.54) is 25.4 Å². The van der Waals surface area contributed by atoms with Gasteiger partial charge in [0.05, 0.1) is 30.5 Å². The van der Waals surface area contributed by atoms with Crippen molar-refractivity contribution in [1.29, 1.82) is 0 Å². The smallest absolute Gasteiger partial charge is 0.416 e. The van der Waals surface area contributed by atoms with Gasteiger partial charge < -0.3 is 14.4 Å². The van der Waals surface area contributed by atoms with Crippen LogP contribution >= 0.6 is 0 Å². The van der Waals surface area contributed by atoms with Crippen molar-refractivity contribution in [3.63, 3.8) is 0 Å². The number of hydrogen-bond donors (Lipinski definition) is 0. The number of ether oxygens (including phenoxy) is 2. The second-order valence-corrected chi connectivity index (χ2v) is 10.3. The maximum Gasteiger partial charge on any atom is 0.416 e. The first-order valence-corrected chi connectivity index (χ1v) is 14.4. The van der Waals surface area contributed by atoms with Gasteiger partial charge in [-0.25, -0.2) is 19.2 Å². The molecule has 0 amide bonds. The summed E-state index contributed by atoms with van der Waals surface area (Å²) in [5.74, 6) is -0.292. The topological polar surface area (TPSA) is 76.4 Å². The quantitative estimate of drug-likeness (QED) is 0.123. The number of nitrogens with zero attached hydrogens (tertiary/aromatic N) is 4. The van der Waals surface area contributed by atoms with E-state index in [-0.39, 0.29) is 53.9 Å². The monoisotopic (exact) mass is 614 g/mol. The fraction of sp³-hybridized carbons (Fsp3) is 0.394. The van der Waals surface area contributed by atoms with Gasteiger partial charge in [0.1, 0.15) is 23.2 Å². The lowest BCUT2D eigenvalue weighted by Crippen LogP contribution is -2.37. The first-order chi connectivity index (χ1) is 20.8. The van der Waals surface area contributed by atoms with E-state index in [1.54, 1.807) is 50.9 Å². The van der Waals surface area contributed by atoms with Crippen molar-refractivity contribution in [2.75, 3.05) is 20.3 Å². The number of esters is 1. The molecule has 0 saturated heterocycles. The average molecular weight is 615 g/mol. The molecule has 11 heteroatoms. The Labute approximate surface area is 255 Å². The zero-order valence-electron chi connectivity index (χ0n) is 26.1. The summed E-state index contributed by atoms with van der Waals surface area (Å²) in [5.41, 5.74) is 1.37. The molecule has 1 aromatic heterocycles. The molecular weight excluding hydrogens is 576 g/mol. The van der Waals surface area contributed by atoms with Gasteiger partial charge in [-0.1, -0.05) is 33.3 Å². The molecule has 1 aromatic carbocycles.